The molecule has 0 unspecified atom stereocenters. The van der Waals surface area contributed by atoms with Crippen LogP contribution in [-0.2, 0) is 0 Å². The SMILES string of the molecule is N#Cc1ccc(Cl)c(C#CCCCl)c1. The van der Waals surface area contributed by atoms with E-state index in [2.05, 4.69) is 11.8 Å². The van der Waals surface area contributed by atoms with Gasteiger partial charge in [0.2, 0.25) is 0 Å². The molecule has 1 aromatic carbocycles. The van der Waals surface area contributed by atoms with E-state index in [1.807, 2.05) is 6.07 Å². The normalized spacial score (nSPS) is 8.64. The van der Waals surface area contributed by atoms with Gasteiger partial charge in [0.05, 0.1) is 16.7 Å². The molecule has 0 fully saturated rings. The summed E-state index contributed by atoms with van der Waals surface area (Å²) >= 11 is 11.4. The number of nitrogens with zero attached hydrogens (tertiary/aromatic N) is 1. The molecule has 0 atom stereocenters. The van der Waals surface area contributed by atoms with Crippen LogP contribution in [0.5, 0.6) is 0 Å². The Bertz CT molecular complexity index is 421. The second-order valence-corrected chi connectivity index (χ2v) is 3.33. The minimum atomic E-state index is 0.503. The maximum absolute atomic E-state index is 8.66. The number of hydrogen-bond donors (Lipinski definition) is 0. The smallest absolute Gasteiger partial charge is 0.0992 e. The zero-order valence-electron chi connectivity index (χ0n) is 7.35. The van der Waals surface area contributed by atoms with E-state index in [1.165, 1.54) is 0 Å². The van der Waals surface area contributed by atoms with Gasteiger partial charge in [-0.1, -0.05) is 23.4 Å². The molecule has 0 saturated carbocycles. The van der Waals surface area contributed by atoms with Crippen molar-refractivity contribution >= 4 is 23.2 Å². The number of alkyl halides is 1. The average molecular weight is 224 g/mol. The van der Waals surface area contributed by atoms with Gasteiger partial charge in [0.25, 0.3) is 0 Å². The summed E-state index contributed by atoms with van der Waals surface area (Å²) in [6, 6.07) is 7.04. The third-order valence-corrected chi connectivity index (χ3v) is 2.06. The van der Waals surface area contributed by atoms with Crippen LogP contribution in [0, 0.1) is 23.2 Å². The zero-order valence-corrected chi connectivity index (χ0v) is 8.86. The molecule has 1 nitrogen and oxygen atoms in total. The van der Waals surface area contributed by atoms with Crippen LogP contribution in [0.25, 0.3) is 0 Å². The molecular formula is C11H7Cl2N. The van der Waals surface area contributed by atoms with Gasteiger partial charge in [-0.3, -0.25) is 0 Å². The van der Waals surface area contributed by atoms with Gasteiger partial charge in [-0.2, -0.15) is 5.26 Å². The molecule has 0 spiro atoms. The van der Waals surface area contributed by atoms with Crippen molar-refractivity contribution in [2.75, 3.05) is 5.88 Å². The summed E-state index contributed by atoms with van der Waals surface area (Å²) in [5.41, 5.74) is 1.24. The molecule has 0 radical (unpaired) electrons. The Labute approximate surface area is 93.3 Å². The Balaban J connectivity index is 2.98. The summed E-state index contributed by atoms with van der Waals surface area (Å²) in [6.45, 7) is 0. The third kappa shape index (κ3) is 2.96. The van der Waals surface area contributed by atoms with Crippen LogP contribution in [0.2, 0.25) is 5.02 Å². The van der Waals surface area contributed by atoms with Crippen LogP contribution in [0.4, 0.5) is 0 Å². The highest BCUT2D eigenvalue weighted by Crippen LogP contribution is 2.16. The molecule has 0 aromatic heterocycles. The van der Waals surface area contributed by atoms with Crippen LogP contribution in [-0.4, -0.2) is 5.88 Å². The highest BCUT2D eigenvalue weighted by atomic mass is 35.5. The number of hydrogen-bond acceptors (Lipinski definition) is 1. The molecule has 0 aliphatic carbocycles. The van der Waals surface area contributed by atoms with Crippen LogP contribution in [0.3, 0.4) is 0 Å². The molecule has 0 amide bonds. The third-order valence-electron chi connectivity index (χ3n) is 1.54. The predicted molar refractivity (Wildman–Crippen MR) is 58.4 cm³/mol. The first-order valence-electron chi connectivity index (χ1n) is 4.02. The maximum atomic E-state index is 8.66. The van der Waals surface area contributed by atoms with E-state index in [9.17, 15) is 0 Å². The van der Waals surface area contributed by atoms with Crippen molar-refractivity contribution in [3.8, 4) is 17.9 Å². The maximum Gasteiger partial charge on any atom is 0.0992 e. The Hall–Kier alpha value is -1.15. The second-order valence-electron chi connectivity index (χ2n) is 2.55. The lowest BCUT2D eigenvalue weighted by atomic mass is 10.1. The van der Waals surface area contributed by atoms with Crippen molar-refractivity contribution in [2.24, 2.45) is 0 Å². The second kappa shape index (κ2) is 5.55. The van der Waals surface area contributed by atoms with Crippen LogP contribution >= 0.6 is 23.2 Å². The molecule has 0 aliphatic rings. The van der Waals surface area contributed by atoms with Crippen LogP contribution in [0.15, 0.2) is 18.2 Å². The quantitative estimate of drug-likeness (QED) is 0.530. The number of benzene rings is 1. The monoisotopic (exact) mass is 223 g/mol. The lowest BCUT2D eigenvalue weighted by molar-refractivity contribution is 1.29. The summed E-state index contributed by atoms with van der Waals surface area (Å²) in [5, 5.41) is 9.22. The molecule has 0 heterocycles. The number of halogens is 2. The Morgan fingerprint density at radius 2 is 2.14 bits per heavy atom. The Kier molecular flexibility index (Phi) is 4.33. The fourth-order valence-corrected chi connectivity index (χ4v) is 1.15. The van der Waals surface area contributed by atoms with Crippen molar-refractivity contribution in [1.82, 2.24) is 0 Å². The van der Waals surface area contributed by atoms with Gasteiger partial charge in [0, 0.05) is 17.9 Å². The Morgan fingerprint density at radius 1 is 1.36 bits per heavy atom. The molecule has 0 saturated heterocycles. The summed E-state index contributed by atoms with van der Waals surface area (Å²) in [4.78, 5) is 0. The average Bonchev–Trinajstić information content (AvgIpc) is 2.21. The van der Waals surface area contributed by atoms with Crippen LogP contribution < -0.4 is 0 Å². The van der Waals surface area contributed by atoms with E-state index < -0.39 is 0 Å². The predicted octanol–water partition coefficient (Wildman–Crippen LogP) is 3.19. The van der Waals surface area contributed by atoms with E-state index in [0.717, 1.165) is 0 Å². The fourth-order valence-electron chi connectivity index (χ4n) is 0.896. The zero-order chi connectivity index (χ0) is 10.4. The van der Waals surface area contributed by atoms with Crippen molar-refractivity contribution < 1.29 is 0 Å². The van der Waals surface area contributed by atoms with Gasteiger partial charge < -0.3 is 0 Å². The van der Waals surface area contributed by atoms with E-state index in [1.54, 1.807) is 18.2 Å². The molecule has 1 aromatic rings. The fraction of sp³-hybridized carbons (Fsp3) is 0.182. The van der Waals surface area contributed by atoms with Gasteiger partial charge in [-0.25, -0.2) is 0 Å². The number of nitriles is 1. The molecular weight excluding hydrogens is 217 g/mol. The van der Waals surface area contributed by atoms with Gasteiger partial charge >= 0.3 is 0 Å². The lowest BCUT2D eigenvalue weighted by Gasteiger charge is -1.95. The lowest BCUT2D eigenvalue weighted by Crippen LogP contribution is -1.80. The van der Waals surface area contributed by atoms with E-state index in [4.69, 9.17) is 28.5 Å². The van der Waals surface area contributed by atoms with Crippen molar-refractivity contribution in [3.63, 3.8) is 0 Å². The van der Waals surface area contributed by atoms with Gasteiger partial charge in [0.1, 0.15) is 0 Å². The first kappa shape index (κ1) is 10.9. The molecule has 1 rings (SSSR count). The van der Waals surface area contributed by atoms with Crippen molar-refractivity contribution in [1.29, 1.82) is 5.26 Å². The van der Waals surface area contributed by atoms with Gasteiger partial charge in [-0.05, 0) is 18.2 Å². The standard InChI is InChI=1S/C11H7Cl2N/c12-6-2-1-3-10-7-9(8-14)4-5-11(10)13/h4-5,7H,2,6H2. The molecule has 14 heavy (non-hydrogen) atoms. The van der Waals surface area contributed by atoms with E-state index in [-0.39, 0.29) is 0 Å². The van der Waals surface area contributed by atoms with E-state index in [0.29, 0.717) is 28.5 Å². The van der Waals surface area contributed by atoms with E-state index >= 15 is 0 Å². The van der Waals surface area contributed by atoms with Crippen molar-refractivity contribution in [2.45, 2.75) is 6.42 Å². The topological polar surface area (TPSA) is 23.8 Å². The molecule has 3 heteroatoms. The summed E-state index contributed by atoms with van der Waals surface area (Å²) in [6.07, 6.45) is 0.620. The molecule has 70 valence electrons. The van der Waals surface area contributed by atoms with Gasteiger partial charge in [-0.15, -0.1) is 11.6 Å². The summed E-state index contributed by atoms with van der Waals surface area (Å²) < 4.78 is 0. The van der Waals surface area contributed by atoms with Crippen LogP contribution in [0.1, 0.15) is 17.5 Å². The number of rotatable bonds is 1. The van der Waals surface area contributed by atoms with Crippen molar-refractivity contribution in [3.05, 3.63) is 34.3 Å². The molecule has 0 bridgehead atoms. The highest BCUT2D eigenvalue weighted by molar-refractivity contribution is 6.31. The first-order chi connectivity index (χ1) is 6.77. The Morgan fingerprint density at radius 3 is 2.79 bits per heavy atom. The molecule has 0 aliphatic heterocycles. The minimum Gasteiger partial charge on any atom is -0.192 e. The first-order valence-corrected chi connectivity index (χ1v) is 4.93. The largest absolute Gasteiger partial charge is 0.192 e. The van der Waals surface area contributed by atoms with Gasteiger partial charge in [0.15, 0.2) is 0 Å². The molecule has 0 N–H and O–H groups in total. The minimum absolute atomic E-state index is 0.503. The highest BCUT2D eigenvalue weighted by Gasteiger charge is 1.97. The summed E-state index contributed by atoms with van der Waals surface area (Å²) in [5.74, 6) is 6.24. The summed E-state index contributed by atoms with van der Waals surface area (Å²) in [7, 11) is 0.